The van der Waals surface area contributed by atoms with Gasteiger partial charge in [-0.2, -0.15) is 0 Å². The molecular formula is C13H13BrN2O2S. The lowest BCUT2D eigenvalue weighted by molar-refractivity contribution is -0.384. The van der Waals surface area contributed by atoms with Crippen LogP contribution in [0.1, 0.15) is 15.3 Å². The predicted molar refractivity (Wildman–Crippen MR) is 81.9 cm³/mol. The van der Waals surface area contributed by atoms with E-state index in [0.29, 0.717) is 12.2 Å². The minimum absolute atomic E-state index is 0.109. The van der Waals surface area contributed by atoms with Gasteiger partial charge in [0.05, 0.1) is 4.92 Å². The van der Waals surface area contributed by atoms with Crippen LogP contribution in [0.25, 0.3) is 0 Å². The van der Waals surface area contributed by atoms with Crippen molar-refractivity contribution in [2.45, 2.75) is 20.4 Å². The average molecular weight is 341 g/mol. The quantitative estimate of drug-likeness (QED) is 0.651. The molecule has 19 heavy (non-hydrogen) atoms. The van der Waals surface area contributed by atoms with E-state index in [1.54, 1.807) is 23.5 Å². The minimum atomic E-state index is -0.364. The molecule has 0 saturated carbocycles. The van der Waals surface area contributed by atoms with Gasteiger partial charge in [0.2, 0.25) is 0 Å². The second kappa shape index (κ2) is 5.71. The van der Waals surface area contributed by atoms with Crippen LogP contribution >= 0.6 is 27.3 Å². The second-order valence-corrected chi connectivity index (χ2v) is 6.44. The maximum atomic E-state index is 11.0. The molecule has 2 rings (SSSR count). The summed E-state index contributed by atoms with van der Waals surface area (Å²) in [7, 11) is 0. The molecule has 100 valence electrons. The van der Waals surface area contributed by atoms with E-state index in [1.165, 1.54) is 10.9 Å². The highest BCUT2D eigenvalue weighted by atomic mass is 79.9. The molecule has 0 bridgehead atoms. The molecule has 0 amide bonds. The highest BCUT2D eigenvalue weighted by molar-refractivity contribution is 9.10. The number of rotatable bonds is 4. The number of benzene rings is 1. The molecule has 2 aromatic rings. The maximum Gasteiger partial charge on any atom is 0.292 e. The van der Waals surface area contributed by atoms with Crippen LogP contribution in [0, 0.1) is 24.0 Å². The van der Waals surface area contributed by atoms with E-state index in [2.05, 4.69) is 21.2 Å². The van der Waals surface area contributed by atoms with Gasteiger partial charge in [-0.05, 0) is 47.5 Å². The maximum absolute atomic E-state index is 11.0. The summed E-state index contributed by atoms with van der Waals surface area (Å²) in [5.41, 5.74) is 1.67. The topological polar surface area (TPSA) is 55.2 Å². The third-order valence-corrected chi connectivity index (χ3v) is 4.85. The van der Waals surface area contributed by atoms with Gasteiger partial charge in [0.1, 0.15) is 5.69 Å². The average Bonchev–Trinajstić information content (AvgIpc) is 2.66. The fraction of sp³-hybridized carbons (Fsp3) is 0.231. The van der Waals surface area contributed by atoms with E-state index in [0.717, 1.165) is 14.9 Å². The van der Waals surface area contributed by atoms with Crippen molar-refractivity contribution in [1.82, 2.24) is 0 Å². The molecule has 0 aliphatic rings. The number of nitro groups is 1. The monoisotopic (exact) mass is 340 g/mol. The SMILES string of the molecule is Cc1ccc([N+](=O)[O-])c(NCc2cc(Br)c(C)s2)c1. The molecule has 1 aromatic heterocycles. The first kappa shape index (κ1) is 14.0. The number of anilines is 1. The number of nitrogens with zero attached hydrogens (tertiary/aromatic N) is 1. The van der Waals surface area contributed by atoms with Gasteiger partial charge in [0.25, 0.3) is 5.69 Å². The van der Waals surface area contributed by atoms with Gasteiger partial charge in [-0.1, -0.05) is 6.07 Å². The molecule has 0 saturated heterocycles. The number of thiophene rings is 1. The standard InChI is InChI=1S/C13H13BrN2O2S/c1-8-3-4-13(16(17)18)12(5-8)15-7-10-6-11(14)9(2)19-10/h3-6,15H,7H2,1-2H3. The smallest absolute Gasteiger partial charge is 0.292 e. The number of nitro benzene ring substituents is 1. The van der Waals surface area contributed by atoms with Gasteiger partial charge in [-0.3, -0.25) is 10.1 Å². The van der Waals surface area contributed by atoms with Crippen LogP contribution in [-0.2, 0) is 6.54 Å². The summed E-state index contributed by atoms with van der Waals surface area (Å²) in [6.45, 7) is 4.54. The highest BCUT2D eigenvalue weighted by Gasteiger charge is 2.13. The minimum Gasteiger partial charge on any atom is -0.375 e. The molecule has 1 N–H and O–H groups in total. The zero-order valence-corrected chi connectivity index (χ0v) is 13.0. The lowest BCUT2D eigenvalue weighted by Gasteiger charge is -2.06. The van der Waals surface area contributed by atoms with Crippen molar-refractivity contribution in [2.24, 2.45) is 0 Å². The molecule has 0 atom stereocenters. The van der Waals surface area contributed by atoms with Crippen molar-refractivity contribution >= 4 is 38.6 Å². The van der Waals surface area contributed by atoms with Crippen LogP contribution in [-0.4, -0.2) is 4.92 Å². The summed E-state index contributed by atoms with van der Waals surface area (Å²) in [4.78, 5) is 12.9. The fourth-order valence-electron chi connectivity index (χ4n) is 1.74. The Balaban J connectivity index is 2.19. The van der Waals surface area contributed by atoms with Gasteiger partial charge in [0, 0.05) is 26.8 Å². The van der Waals surface area contributed by atoms with Crippen molar-refractivity contribution in [1.29, 1.82) is 0 Å². The van der Waals surface area contributed by atoms with Crippen LogP contribution in [0.15, 0.2) is 28.7 Å². The molecular weight excluding hydrogens is 328 g/mol. The zero-order chi connectivity index (χ0) is 14.0. The van der Waals surface area contributed by atoms with Gasteiger partial charge in [-0.15, -0.1) is 11.3 Å². The first-order valence-electron chi connectivity index (χ1n) is 5.71. The molecule has 0 unspecified atom stereocenters. The normalized spacial score (nSPS) is 10.5. The Labute approximate surface area is 123 Å². The molecule has 0 aliphatic heterocycles. The van der Waals surface area contributed by atoms with Gasteiger partial charge in [-0.25, -0.2) is 0 Å². The highest BCUT2D eigenvalue weighted by Crippen LogP contribution is 2.29. The number of hydrogen-bond acceptors (Lipinski definition) is 4. The lowest BCUT2D eigenvalue weighted by Crippen LogP contribution is -2.01. The molecule has 1 aromatic carbocycles. The molecule has 0 radical (unpaired) electrons. The van der Waals surface area contributed by atoms with Gasteiger partial charge in [0.15, 0.2) is 0 Å². The van der Waals surface area contributed by atoms with E-state index in [1.807, 2.05) is 19.9 Å². The summed E-state index contributed by atoms with van der Waals surface area (Å²) < 4.78 is 1.08. The molecule has 0 spiro atoms. The summed E-state index contributed by atoms with van der Waals surface area (Å²) in [6, 6.07) is 7.12. The van der Waals surface area contributed by atoms with Crippen molar-refractivity contribution < 1.29 is 4.92 Å². The number of hydrogen-bond donors (Lipinski definition) is 1. The summed E-state index contributed by atoms with van der Waals surface area (Å²) in [5, 5.41) is 14.1. The molecule has 6 heteroatoms. The first-order valence-corrected chi connectivity index (χ1v) is 7.32. The van der Waals surface area contributed by atoms with Crippen molar-refractivity contribution in [2.75, 3.05) is 5.32 Å². The van der Waals surface area contributed by atoms with E-state index in [-0.39, 0.29) is 10.6 Å². The molecule has 0 aliphatic carbocycles. The zero-order valence-electron chi connectivity index (χ0n) is 10.6. The van der Waals surface area contributed by atoms with Gasteiger partial charge >= 0.3 is 0 Å². The fourth-order valence-corrected chi connectivity index (χ4v) is 3.28. The number of nitrogens with one attached hydrogen (secondary N) is 1. The second-order valence-electron chi connectivity index (χ2n) is 4.25. The van der Waals surface area contributed by atoms with Crippen LogP contribution in [0.4, 0.5) is 11.4 Å². The molecule has 4 nitrogen and oxygen atoms in total. The summed E-state index contributed by atoms with van der Waals surface area (Å²) in [5.74, 6) is 0. The Kier molecular flexibility index (Phi) is 4.21. The van der Waals surface area contributed by atoms with E-state index in [9.17, 15) is 10.1 Å². The summed E-state index contributed by atoms with van der Waals surface area (Å²) in [6.07, 6.45) is 0. The van der Waals surface area contributed by atoms with E-state index >= 15 is 0 Å². The largest absolute Gasteiger partial charge is 0.375 e. The van der Waals surface area contributed by atoms with Crippen LogP contribution in [0.5, 0.6) is 0 Å². The van der Waals surface area contributed by atoms with Crippen LogP contribution in [0.2, 0.25) is 0 Å². The Bertz CT molecular complexity index is 606. The lowest BCUT2D eigenvalue weighted by atomic mass is 10.2. The Morgan fingerprint density at radius 3 is 2.68 bits per heavy atom. The third kappa shape index (κ3) is 3.33. The molecule has 0 fully saturated rings. The predicted octanol–water partition coefficient (Wildman–Crippen LogP) is 4.65. The van der Waals surface area contributed by atoms with Crippen molar-refractivity contribution in [3.63, 3.8) is 0 Å². The summed E-state index contributed by atoms with van der Waals surface area (Å²) >= 11 is 5.14. The number of aryl methyl sites for hydroxylation is 2. The third-order valence-electron chi connectivity index (χ3n) is 2.71. The Hall–Kier alpha value is -1.40. The van der Waals surface area contributed by atoms with E-state index < -0.39 is 0 Å². The number of halogens is 1. The van der Waals surface area contributed by atoms with E-state index in [4.69, 9.17) is 0 Å². The van der Waals surface area contributed by atoms with Crippen molar-refractivity contribution in [3.05, 3.63) is 54.2 Å². The Morgan fingerprint density at radius 1 is 1.37 bits per heavy atom. The first-order chi connectivity index (χ1) is 8.97. The van der Waals surface area contributed by atoms with Crippen LogP contribution < -0.4 is 5.32 Å². The van der Waals surface area contributed by atoms with Crippen molar-refractivity contribution in [3.8, 4) is 0 Å². The van der Waals surface area contributed by atoms with Crippen LogP contribution in [0.3, 0.4) is 0 Å². The Morgan fingerprint density at radius 2 is 2.11 bits per heavy atom. The van der Waals surface area contributed by atoms with Gasteiger partial charge < -0.3 is 5.32 Å². The molecule has 1 heterocycles.